The number of carbonyl (C=O) groups excluding carboxylic acids is 1. The molecule has 8 heteroatoms. The fourth-order valence-corrected chi connectivity index (χ4v) is 3.85. The van der Waals surface area contributed by atoms with E-state index in [1.54, 1.807) is 17.0 Å². The average Bonchev–Trinajstić information content (AvgIpc) is 2.57. The van der Waals surface area contributed by atoms with Gasteiger partial charge in [-0.25, -0.2) is 17.2 Å². The lowest BCUT2D eigenvalue weighted by Gasteiger charge is -2.27. The van der Waals surface area contributed by atoms with Gasteiger partial charge in [-0.3, -0.25) is 9.52 Å². The van der Waals surface area contributed by atoms with Crippen molar-refractivity contribution in [3.63, 3.8) is 0 Å². The predicted octanol–water partition coefficient (Wildman–Crippen LogP) is 3.28. The Morgan fingerprint density at radius 2 is 1.84 bits per heavy atom. The Labute approximate surface area is 144 Å². The summed E-state index contributed by atoms with van der Waals surface area (Å²) in [5, 5.41) is 0. The molecule has 1 saturated heterocycles. The molecule has 0 spiro atoms. The predicted molar refractivity (Wildman–Crippen MR) is 89.8 cm³/mol. The van der Waals surface area contributed by atoms with Crippen LogP contribution >= 0.6 is 0 Å². The molecular weight excluding hydrogens is 350 g/mol. The van der Waals surface area contributed by atoms with Crippen LogP contribution in [0.5, 0.6) is 0 Å². The fourth-order valence-electron chi connectivity index (χ4n) is 2.71. The maximum Gasteiger partial charge on any atom is 0.264 e. The zero-order valence-electron chi connectivity index (χ0n) is 13.2. The third kappa shape index (κ3) is 3.79. The molecule has 0 atom stereocenters. The highest BCUT2D eigenvalue weighted by Gasteiger charge is 2.22. The molecule has 3 rings (SSSR count). The summed E-state index contributed by atoms with van der Waals surface area (Å²) in [5.41, 5.74) is 0.726. The number of anilines is 2. The molecule has 2 aromatic rings. The molecule has 0 saturated carbocycles. The average molecular weight is 366 g/mol. The van der Waals surface area contributed by atoms with E-state index in [2.05, 4.69) is 4.72 Å². The quantitative estimate of drug-likeness (QED) is 0.903. The van der Waals surface area contributed by atoms with Crippen LogP contribution < -0.4 is 9.62 Å². The smallest absolute Gasteiger partial charge is 0.264 e. The van der Waals surface area contributed by atoms with Crippen molar-refractivity contribution >= 4 is 27.3 Å². The van der Waals surface area contributed by atoms with E-state index in [0.717, 1.165) is 25.0 Å². The molecule has 1 aliphatic heterocycles. The van der Waals surface area contributed by atoms with Crippen LogP contribution in [0, 0.1) is 11.6 Å². The van der Waals surface area contributed by atoms with Gasteiger partial charge < -0.3 is 4.90 Å². The van der Waals surface area contributed by atoms with E-state index in [0.29, 0.717) is 24.7 Å². The molecule has 1 fully saturated rings. The Kier molecular flexibility index (Phi) is 4.71. The normalized spacial score (nSPS) is 15.3. The van der Waals surface area contributed by atoms with Crippen molar-refractivity contribution in [1.82, 2.24) is 0 Å². The summed E-state index contributed by atoms with van der Waals surface area (Å²) in [7, 11) is -4.30. The minimum atomic E-state index is -4.30. The highest BCUT2D eigenvalue weighted by Crippen LogP contribution is 2.26. The molecule has 0 aliphatic carbocycles. The Morgan fingerprint density at radius 3 is 2.60 bits per heavy atom. The number of rotatable bonds is 4. The Bertz CT molecular complexity index is 916. The number of hydrogen-bond acceptors (Lipinski definition) is 3. The van der Waals surface area contributed by atoms with Crippen molar-refractivity contribution in [2.75, 3.05) is 16.2 Å². The van der Waals surface area contributed by atoms with Crippen molar-refractivity contribution in [3.8, 4) is 0 Å². The van der Waals surface area contributed by atoms with Crippen molar-refractivity contribution < 1.29 is 22.0 Å². The second-order valence-corrected chi connectivity index (χ2v) is 7.38. The van der Waals surface area contributed by atoms with E-state index >= 15 is 0 Å². The number of amides is 1. The Hall–Kier alpha value is -2.48. The topological polar surface area (TPSA) is 66.5 Å². The lowest BCUT2D eigenvalue weighted by molar-refractivity contribution is -0.119. The summed E-state index contributed by atoms with van der Waals surface area (Å²) in [6, 6.07) is 8.49. The lowest BCUT2D eigenvalue weighted by atomic mass is 10.1. The summed E-state index contributed by atoms with van der Waals surface area (Å²) >= 11 is 0. The molecular formula is C17H16F2N2O3S. The largest absolute Gasteiger partial charge is 0.312 e. The SMILES string of the molecule is O=C1CCCCN1c1cccc(NS(=O)(=O)c2cc(F)ccc2F)c1. The van der Waals surface area contributed by atoms with E-state index in [1.165, 1.54) is 12.1 Å². The lowest BCUT2D eigenvalue weighted by Crippen LogP contribution is -2.35. The van der Waals surface area contributed by atoms with Crippen molar-refractivity contribution in [2.24, 2.45) is 0 Å². The van der Waals surface area contributed by atoms with Crippen LogP contribution in [0.4, 0.5) is 20.2 Å². The number of carbonyl (C=O) groups is 1. The summed E-state index contributed by atoms with van der Waals surface area (Å²) < 4.78 is 53.9. The number of halogens is 2. The van der Waals surface area contributed by atoms with E-state index in [-0.39, 0.29) is 11.6 Å². The number of benzene rings is 2. The molecule has 0 unspecified atom stereocenters. The van der Waals surface area contributed by atoms with Gasteiger partial charge in [0.15, 0.2) is 0 Å². The maximum atomic E-state index is 13.8. The zero-order valence-corrected chi connectivity index (χ0v) is 14.0. The summed E-state index contributed by atoms with van der Waals surface area (Å²) in [6.07, 6.45) is 2.15. The molecule has 132 valence electrons. The molecule has 0 aromatic heterocycles. The third-order valence-electron chi connectivity index (χ3n) is 3.92. The molecule has 25 heavy (non-hydrogen) atoms. The van der Waals surface area contributed by atoms with Crippen LogP contribution in [0.25, 0.3) is 0 Å². The number of sulfonamides is 1. The molecule has 1 heterocycles. The Morgan fingerprint density at radius 1 is 1.04 bits per heavy atom. The standard InChI is InChI=1S/C17H16F2N2O3S/c18-12-7-8-15(19)16(10-12)25(23,24)20-13-4-3-5-14(11-13)21-9-2-1-6-17(21)22/h3-5,7-8,10-11,20H,1-2,6,9H2. The van der Waals surface area contributed by atoms with Crippen LogP contribution in [0.3, 0.4) is 0 Å². The monoisotopic (exact) mass is 366 g/mol. The summed E-state index contributed by atoms with van der Waals surface area (Å²) in [4.78, 5) is 12.8. The molecule has 0 bridgehead atoms. The van der Waals surface area contributed by atoms with Gasteiger partial charge >= 0.3 is 0 Å². The fraction of sp³-hybridized carbons (Fsp3) is 0.235. The first-order valence-electron chi connectivity index (χ1n) is 7.75. The Balaban J connectivity index is 1.89. The second-order valence-electron chi connectivity index (χ2n) is 5.73. The van der Waals surface area contributed by atoms with Gasteiger partial charge in [-0.2, -0.15) is 0 Å². The van der Waals surface area contributed by atoms with E-state index in [1.807, 2.05) is 0 Å². The van der Waals surface area contributed by atoms with E-state index in [9.17, 15) is 22.0 Å². The minimum Gasteiger partial charge on any atom is -0.312 e. The summed E-state index contributed by atoms with van der Waals surface area (Å²) in [6.45, 7) is 0.563. The van der Waals surface area contributed by atoms with E-state index in [4.69, 9.17) is 0 Å². The van der Waals surface area contributed by atoms with Gasteiger partial charge in [0.25, 0.3) is 10.0 Å². The van der Waals surface area contributed by atoms with Gasteiger partial charge in [0.2, 0.25) is 5.91 Å². The first-order valence-corrected chi connectivity index (χ1v) is 9.23. The van der Waals surface area contributed by atoms with Gasteiger partial charge in [0.1, 0.15) is 16.5 Å². The van der Waals surface area contributed by atoms with Gasteiger partial charge in [0, 0.05) is 18.7 Å². The van der Waals surface area contributed by atoms with Crippen molar-refractivity contribution in [2.45, 2.75) is 24.2 Å². The number of nitrogens with one attached hydrogen (secondary N) is 1. The molecule has 1 aliphatic rings. The van der Waals surface area contributed by atoms with Crippen LogP contribution in [-0.2, 0) is 14.8 Å². The third-order valence-corrected chi connectivity index (χ3v) is 5.31. The van der Waals surface area contributed by atoms with Crippen LogP contribution in [-0.4, -0.2) is 20.9 Å². The number of hydrogen-bond donors (Lipinski definition) is 1. The number of nitrogens with zero attached hydrogens (tertiary/aromatic N) is 1. The van der Waals surface area contributed by atoms with Crippen molar-refractivity contribution in [3.05, 3.63) is 54.1 Å². The minimum absolute atomic E-state index is 0.0255. The molecule has 1 amide bonds. The zero-order chi connectivity index (χ0) is 18.0. The van der Waals surface area contributed by atoms with Gasteiger partial charge in [-0.15, -0.1) is 0 Å². The molecule has 2 aromatic carbocycles. The molecule has 5 nitrogen and oxygen atoms in total. The van der Waals surface area contributed by atoms with E-state index < -0.39 is 26.6 Å². The number of piperidine rings is 1. The molecule has 0 radical (unpaired) electrons. The first kappa shape index (κ1) is 17.3. The highest BCUT2D eigenvalue weighted by atomic mass is 32.2. The maximum absolute atomic E-state index is 13.8. The summed E-state index contributed by atoms with van der Waals surface area (Å²) in [5.74, 6) is -1.92. The van der Waals surface area contributed by atoms with Gasteiger partial charge in [-0.1, -0.05) is 6.07 Å². The molecule has 1 N–H and O–H groups in total. The van der Waals surface area contributed by atoms with Crippen LogP contribution in [0.2, 0.25) is 0 Å². The highest BCUT2D eigenvalue weighted by molar-refractivity contribution is 7.92. The van der Waals surface area contributed by atoms with Crippen LogP contribution in [0.15, 0.2) is 47.4 Å². The van der Waals surface area contributed by atoms with Gasteiger partial charge in [0.05, 0.1) is 5.69 Å². The van der Waals surface area contributed by atoms with Crippen LogP contribution in [0.1, 0.15) is 19.3 Å². The second kappa shape index (κ2) is 6.79. The first-order chi connectivity index (χ1) is 11.9. The van der Waals surface area contributed by atoms with Gasteiger partial charge in [-0.05, 0) is 49.2 Å². The van der Waals surface area contributed by atoms with Crippen molar-refractivity contribution in [1.29, 1.82) is 0 Å².